The van der Waals surface area contributed by atoms with Crippen molar-refractivity contribution < 1.29 is 38.5 Å². The van der Waals surface area contributed by atoms with Gasteiger partial charge in [0, 0.05) is 26.2 Å². The second-order valence-electron chi connectivity index (χ2n) is 9.69. The molecule has 0 saturated carbocycles. The molecule has 2 unspecified atom stereocenters. The molecule has 10 heteroatoms. The third-order valence-electron chi connectivity index (χ3n) is 4.56. The molecule has 0 aliphatic carbocycles. The van der Waals surface area contributed by atoms with Gasteiger partial charge in [0.25, 0.3) is 0 Å². The number of rotatable bonds is 2. The number of hydrogen-bond acceptors (Lipinski definition) is 7. The van der Waals surface area contributed by atoms with Crippen LogP contribution in [0.25, 0.3) is 0 Å². The Bertz CT molecular complexity index is 665. The van der Waals surface area contributed by atoms with Crippen molar-refractivity contribution in [3.05, 3.63) is 0 Å². The number of aliphatic carboxylic acids is 1. The van der Waals surface area contributed by atoms with Crippen LogP contribution in [0.3, 0.4) is 0 Å². The first-order chi connectivity index (χ1) is 14.1. The number of carboxylic acid groups (broad SMARTS) is 1. The fraction of sp³-hybridized carbons (Fsp3) is 0.810. The Hall–Kier alpha value is -2.52. The first-order valence-electron chi connectivity index (χ1n) is 10.4. The predicted molar refractivity (Wildman–Crippen MR) is 111 cm³/mol. The molecule has 0 bridgehead atoms. The minimum absolute atomic E-state index is 0.211. The zero-order valence-corrected chi connectivity index (χ0v) is 19.6. The second-order valence-corrected chi connectivity index (χ2v) is 9.69. The average Bonchev–Trinajstić information content (AvgIpc) is 3.28. The largest absolute Gasteiger partial charge is 0.481 e. The number of esters is 1. The standard InChI is InChI=1S/C11H19NO4.C10H17NO4/c1-11(2,3)16-10(14)12-6-5-8(7-12)9(13)15-4;1-10(2,3)15-9(14)11-5-4-7(6-11)8(12)13/h8H,5-7H2,1-4H3;7H,4-6H2,1-3H3,(H,12,13). The summed E-state index contributed by atoms with van der Waals surface area (Å²) in [5.41, 5.74) is -1.03. The molecule has 2 heterocycles. The number of likely N-dealkylation sites (tertiary alicyclic amines) is 2. The third-order valence-corrected chi connectivity index (χ3v) is 4.56. The number of hydrogen-bond donors (Lipinski definition) is 1. The molecular formula is C21H36N2O8. The molecule has 2 atom stereocenters. The number of methoxy groups -OCH3 is 1. The lowest BCUT2D eigenvalue weighted by Crippen LogP contribution is -2.36. The van der Waals surface area contributed by atoms with E-state index in [4.69, 9.17) is 14.6 Å². The van der Waals surface area contributed by atoms with Crippen molar-refractivity contribution >= 4 is 24.1 Å². The van der Waals surface area contributed by atoms with Gasteiger partial charge in [0.2, 0.25) is 0 Å². The van der Waals surface area contributed by atoms with Crippen LogP contribution in [-0.4, -0.2) is 83.5 Å². The molecule has 0 aromatic heterocycles. The highest BCUT2D eigenvalue weighted by Crippen LogP contribution is 2.21. The third kappa shape index (κ3) is 9.44. The maximum Gasteiger partial charge on any atom is 0.410 e. The number of carbonyl (C=O) groups excluding carboxylic acids is 3. The monoisotopic (exact) mass is 444 g/mol. The Morgan fingerprint density at radius 1 is 0.774 bits per heavy atom. The van der Waals surface area contributed by atoms with E-state index in [1.807, 2.05) is 20.8 Å². The second kappa shape index (κ2) is 10.7. The topological polar surface area (TPSA) is 123 Å². The van der Waals surface area contributed by atoms with Crippen molar-refractivity contribution in [1.29, 1.82) is 0 Å². The molecule has 2 saturated heterocycles. The summed E-state index contributed by atoms with van der Waals surface area (Å²) in [5.74, 6) is -1.76. The van der Waals surface area contributed by atoms with Gasteiger partial charge in [-0.15, -0.1) is 0 Å². The van der Waals surface area contributed by atoms with Crippen LogP contribution in [0.15, 0.2) is 0 Å². The summed E-state index contributed by atoms with van der Waals surface area (Å²) >= 11 is 0. The van der Waals surface area contributed by atoms with Gasteiger partial charge in [-0.25, -0.2) is 9.59 Å². The number of nitrogens with zero attached hydrogens (tertiary/aromatic N) is 2. The van der Waals surface area contributed by atoms with Crippen molar-refractivity contribution in [2.75, 3.05) is 33.3 Å². The van der Waals surface area contributed by atoms with E-state index in [1.165, 1.54) is 12.0 Å². The van der Waals surface area contributed by atoms with Crippen LogP contribution in [0, 0.1) is 11.8 Å². The highest BCUT2D eigenvalue weighted by atomic mass is 16.6. The van der Waals surface area contributed by atoms with Gasteiger partial charge in [-0.05, 0) is 54.4 Å². The Morgan fingerprint density at radius 2 is 1.16 bits per heavy atom. The summed E-state index contributed by atoms with van der Waals surface area (Å²) in [6.07, 6.45) is 0.366. The van der Waals surface area contributed by atoms with E-state index in [1.54, 1.807) is 25.7 Å². The quantitative estimate of drug-likeness (QED) is 0.509. The lowest BCUT2D eigenvalue weighted by Gasteiger charge is -2.24. The average molecular weight is 445 g/mol. The van der Waals surface area contributed by atoms with Gasteiger partial charge in [0.15, 0.2) is 0 Å². The maximum absolute atomic E-state index is 11.7. The lowest BCUT2D eigenvalue weighted by atomic mass is 10.1. The molecule has 1 N–H and O–H groups in total. The van der Waals surface area contributed by atoms with Crippen LogP contribution < -0.4 is 0 Å². The molecule has 10 nitrogen and oxygen atoms in total. The number of carbonyl (C=O) groups is 4. The fourth-order valence-electron chi connectivity index (χ4n) is 3.07. The van der Waals surface area contributed by atoms with Crippen LogP contribution in [0.1, 0.15) is 54.4 Å². The van der Waals surface area contributed by atoms with Crippen LogP contribution in [0.5, 0.6) is 0 Å². The van der Waals surface area contributed by atoms with Crippen molar-refractivity contribution in [2.24, 2.45) is 11.8 Å². The predicted octanol–water partition coefficient (Wildman–Crippen LogP) is 2.74. The van der Waals surface area contributed by atoms with E-state index in [0.717, 1.165) is 0 Å². The lowest BCUT2D eigenvalue weighted by molar-refractivity contribution is -0.145. The summed E-state index contributed by atoms with van der Waals surface area (Å²) in [4.78, 5) is 48.1. The van der Waals surface area contributed by atoms with Crippen molar-refractivity contribution in [3.8, 4) is 0 Å². The van der Waals surface area contributed by atoms with Gasteiger partial charge < -0.3 is 29.1 Å². The van der Waals surface area contributed by atoms with E-state index in [-0.39, 0.29) is 24.5 Å². The molecule has 2 fully saturated rings. The maximum atomic E-state index is 11.7. The SMILES string of the molecule is CC(C)(C)OC(=O)N1CCC(C(=O)O)C1.COC(=O)C1CCN(C(=O)OC(C)(C)C)C1. The molecule has 0 aromatic carbocycles. The summed E-state index contributed by atoms with van der Waals surface area (Å²) in [6, 6.07) is 0. The molecular weight excluding hydrogens is 408 g/mol. The smallest absolute Gasteiger partial charge is 0.410 e. The Balaban J connectivity index is 0.000000311. The first-order valence-corrected chi connectivity index (χ1v) is 10.4. The van der Waals surface area contributed by atoms with Gasteiger partial charge in [0.1, 0.15) is 11.2 Å². The Labute approximate surface area is 183 Å². The van der Waals surface area contributed by atoms with Crippen molar-refractivity contribution in [3.63, 3.8) is 0 Å². The van der Waals surface area contributed by atoms with Crippen LogP contribution in [0.4, 0.5) is 9.59 Å². The molecule has 0 spiro atoms. The van der Waals surface area contributed by atoms with Crippen molar-refractivity contribution in [1.82, 2.24) is 9.80 Å². The summed E-state index contributed by atoms with van der Waals surface area (Å²) in [7, 11) is 1.36. The molecule has 2 aliphatic rings. The summed E-state index contributed by atoms with van der Waals surface area (Å²) in [6.45, 7) is 12.5. The molecule has 178 valence electrons. The molecule has 0 radical (unpaired) electrons. The minimum atomic E-state index is -0.846. The van der Waals surface area contributed by atoms with Gasteiger partial charge in [-0.3, -0.25) is 9.59 Å². The zero-order chi connectivity index (χ0) is 24.0. The Kier molecular flexibility index (Phi) is 9.13. The Morgan fingerprint density at radius 3 is 1.48 bits per heavy atom. The first kappa shape index (κ1) is 26.5. The van der Waals surface area contributed by atoms with E-state index < -0.39 is 29.2 Å². The highest BCUT2D eigenvalue weighted by Gasteiger charge is 2.34. The van der Waals surface area contributed by atoms with Gasteiger partial charge in [0.05, 0.1) is 18.9 Å². The molecule has 31 heavy (non-hydrogen) atoms. The minimum Gasteiger partial charge on any atom is -0.481 e. The van der Waals surface area contributed by atoms with Crippen LogP contribution >= 0.6 is 0 Å². The van der Waals surface area contributed by atoms with E-state index >= 15 is 0 Å². The molecule has 0 aromatic rings. The van der Waals surface area contributed by atoms with Crippen molar-refractivity contribution in [2.45, 2.75) is 65.6 Å². The summed E-state index contributed by atoms with van der Waals surface area (Å²) in [5, 5.41) is 8.77. The van der Waals surface area contributed by atoms with E-state index in [0.29, 0.717) is 32.5 Å². The molecule has 2 amide bonds. The van der Waals surface area contributed by atoms with Gasteiger partial charge in [-0.1, -0.05) is 0 Å². The summed E-state index contributed by atoms with van der Waals surface area (Å²) < 4.78 is 15.0. The van der Waals surface area contributed by atoms with Crippen LogP contribution in [-0.2, 0) is 23.8 Å². The highest BCUT2D eigenvalue weighted by molar-refractivity contribution is 5.76. The fourth-order valence-corrected chi connectivity index (χ4v) is 3.07. The van der Waals surface area contributed by atoms with E-state index in [9.17, 15) is 19.2 Å². The van der Waals surface area contributed by atoms with E-state index in [2.05, 4.69) is 4.74 Å². The number of carboxylic acids is 1. The number of amides is 2. The van der Waals surface area contributed by atoms with Gasteiger partial charge >= 0.3 is 24.1 Å². The normalized spacial score (nSPS) is 21.1. The molecule has 2 aliphatic heterocycles. The van der Waals surface area contributed by atoms with Crippen LogP contribution in [0.2, 0.25) is 0 Å². The number of ether oxygens (including phenoxy) is 3. The van der Waals surface area contributed by atoms with Gasteiger partial charge in [-0.2, -0.15) is 0 Å². The zero-order valence-electron chi connectivity index (χ0n) is 19.6. The molecule has 2 rings (SSSR count).